The van der Waals surface area contributed by atoms with Crippen LogP contribution in [-0.2, 0) is 50.9 Å². The van der Waals surface area contributed by atoms with Gasteiger partial charge in [-0.05, 0) is 0 Å². The summed E-state index contributed by atoms with van der Waals surface area (Å²) < 4.78 is 0. The van der Waals surface area contributed by atoms with E-state index < -0.39 is 0 Å². The van der Waals surface area contributed by atoms with Gasteiger partial charge >= 0.3 is 10.1 Å². The van der Waals surface area contributed by atoms with Crippen LogP contribution in [-0.4, -0.2) is 10.1 Å². The Hall–Kier alpha value is 1.71. The molecule has 0 nitrogen and oxygen atoms in total. The summed E-state index contributed by atoms with van der Waals surface area (Å²) in [5, 5.41) is 0. The monoisotopic (exact) mass is 176 g/mol. The van der Waals surface area contributed by atoms with Gasteiger partial charge in [0.2, 0.25) is 0 Å². The van der Waals surface area contributed by atoms with Gasteiger partial charge in [-0.1, -0.05) is 0 Å². The fourth-order valence-electron chi connectivity index (χ4n) is 0. The van der Waals surface area contributed by atoms with Gasteiger partial charge in [0.05, 0.1) is 0 Å². The Labute approximate surface area is 63.8 Å². The molecule has 0 unspecified atom stereocenters. The minimum absolute atomic E-state index is 0. The van der Waals surface area contributed by atoms with Gasteiger partial charge in [-0.3, -0.25) is 0 Å². The first-order chi connectivity index (χ1) is 0. The van der Waals surface area contributed by atoms with Crippen LogP contribution in [0.1, 0.15) is 2.85 Å². The summed E-state index contributed by atoms with van der Waals surface area (Å²) in [6, 6.07) is 0. The fraction of sp³-hybridized carbons (Fsp3) is 0. The molecule has 0 N–H and O–H groups in total. The maximum Gasteiger partial charge on any atom is 2.00 e. The third-order valence-electron chi connectivity index (χ3n) is 0. The largest absolute Gasteiger partial charge is 2.00 e. The molecule has 0 fully saturated rings. The Morgan fingerprint density at radius 2 is 1.25 bits per heavy atom. The smallest absolute Gasteiger partial charge is 1.00 e. The number of hydrogen-bond donors (Lipinski definition) is 0. The molecule has 0 aromatic heterocycles. The summed E-state index contributed by atoms with van der Waals surface area (Å²) in [4.78, 5) is 0. The fourth-order valence-corrected chi connectivity index (χ4v) is 0. The summed E-state index contributed by atoms with van der Waals surface area (Å²) >= 11 is 0. The Kier molecular flexibility index (Phi) is 239. The first-order valence-corrected chi connectivity index (χ1v) is 0. The molecule has 0 heterocycles. The van der Waals surface area contributed by atoms with Crippen LogP contribution in [0.2, 0.25) is 0 Å². The van der Waals surface area contributed by atoms with Crippen LogP contribution in [0.15, 0.2) is 0 Å². The molecule has 0 bridgehead atoms. The first-order valence-electron chi connectivity index (χ1n) is 0. The second kappa shape index (κ2) is 22.1. The predicted molar refractivity (Wildman–Crippen MR) is 7.98 cm³/mol. The van der Waals surface area contributed by atoms with Gasteiger partial charge in [0, 0.05) is 50.9 Å². The summed E-state index contributed by atoms with van der Waals surface area (Å²) in [5.74, 6) is 0. The van der Waals surface area contributed by atoms with Crippen LogP contribution in [0.5, 0.6) is 0 Å². The van der Waals surface area contributed by atoms with E-state index in [1.54, 1.807) is 0 Å². The zero-order valence-corrected chi connectivity index (χ0v) is 5.25. The first kappa shape index (κ1) is 43.2. The van der Waals surface area contributed by atoms with Crippen LogP contribution < -0.4 is 0 Å². The van der Waals surface area contributed by atoms with E-state index in [9.17, 15) is 0 Å². The number of hydrogen-bond acceptors (Lipinski definition) is 0. The Morgan fingerprint density at radius 3 is 1.25 bits per heavy atom. The molecular weight excluding hydrogens is 175 g/mol. The van der Waals surface area contributed by atoms with Crippen LogP contribution >= 0.6 is 0 Å². The molecule has 4 heteroatoms. The summed E-state index contributed by atoms with van der Waals surface area (Å²) in [6.07, 6.45) is 0. The third kappa shape index (κ3) is 9.31. The van der Waals surface area contributed by atoms with Crippen molar-refractivity contribution in [3.05, 3.63) is 0 Å². The molecule has 0 aromatic carbocycles. The van der Waals surface area contributed by atoms with E-state index in [1.165, 1.54) is 0 Å². The molecule has 0 aliphatic heterocycles. The zero-order valence-electron chi connectivity index (χ0n) is 3.81. The molecule has 1 radical (unpaired) electrons. The molecule has 0 spiro atoms. The maximum atomic E-state index is 0. The van der Waals surface area contributed by atoms with Crippen molar-refractivity contribution in [2.24, 2.45) is 0 Å². The van der Waals surface area contributed by atoms with E-state index in [-0.39, 0.29) is 63.9 Å². The Morgan fingerprint density at radius 1 is 1.25 bits per heavy atom. The minimum Gasteiger partial charge on any atom is -1.00 e. The molecule has 0 aromatic rings. The van der Waals surface area contributed by atoms with E-state index in [0.717, 1.165) is 0 Å². The molecule has 0 amide bonds. The Bertz CT molecular complexity index is 13.5. The molecule has 0 aliphatic carbocycles. The predicted octanol–water partition coefficient (Wildman–Crippen LogP) is -0.163. The van der Waals surface area contributed by atoms with Gasteiger partial charge in [0.25, 0.3) is 0 Å². The van der Waals surface area contributed by atoms with Gasteiger partial charge in [0.15, 0.2) is 0 Å². The second-order valence-corrected chi connectivity index (χ2v) is 0. The summed E-state index contributed by atoms with van der Waals surface area (Å²) in [7, 11) is 0. The maximum absolute atomic E-state index is 0. The molecular formula is H2BeCrMnNi. The van der Waals surface area contributed by atoms with Crippen LogP contribution in [0.25, 0.3) is 0 Å². The topological polar surface area (TPSA) is 0 Å². The molecule has 0 rings (SSSR count). The SMILES string of the molecule is [Be+2].[Cr].[H-].[H-].[Mn].[Ni]. The van der Waals surface area contributed by atoms with E-state index >= 15 is 0 Å². The van der Waals surface area contributed by atoms with Crippen molar-refractivity contribution in [3.8, 4) is 0 Å². The van der Waals surface area contributed by atoms with E-state index in [0.29, 0.717) is 0 Å². The van der Waals surface area contributed by atoms with Crippen LogP contribution in [0.3, 0.4) is 0 Å². The molecule has 0 atom stereocenters. The standard InChI is InChI=1S/Be.Cr.Mn.Ni.2H/q+2;;;;2*-1. The third-order valence-corrected chi connectivity index (χ3v) is 0. The van der Waals surface area contributed by atoms with E-state index in [4.69, 9.17) is 0 Å². The van der Waals surface area contributed by atoms with Crippen molar-refractivity contribution in [2.45, 2.75) is 0 Å². The minimum atomic E-state index is 0. The van der Waals surface area contributed by atoms with Crippen LogP contribution in [0.4, 0.5) is 0 Å². The normalized spacial score (nSPS) is 0. The quantitative estimate of drug-likeness (QED) is 0.450. The molecule has 27 valence electrons. The summed E-state index contributed by atoms with van der Waals surface area (Å²) in [5.41, 5.74) is 0. The number of rotatable bonds is 0. The van der Waals surface area contributed by atoms with E-state index in [1.807, 2.05) is 0 Å². The van der Waals surface area contributed by atoms with Crippen molar-refractivity contribution >= 4 is 10.1 Å². The average Bonchev–Trinajstić information content (AvgIpc) is 0. The summed E-state index contributed by atoms with van der Waals surface area (Å²) in [6.45, 7) is 0. The van der Waals surface area contributed by atoms with Crippen molar-refractivity contribution in [1.82, 2.24) is 0 Å². The van der Waals surface area contributed by atoms with Crippen molar-refractivity contribution in [3.63, 3.8) is 0 Å². The van der Waals surface area contributed by atoms with Gasteiger partial charge < -0.3 is 2.85 Å². The zero-order chi connectivity index (χ0) is 0. The molecule has 0 saturated heterocycles. The molecule has 0 saturated carbocycles. The van der Waals surface area contributed by atoms with Gasteiger partial charge in [-0.15, -0.1) is 0 Å². The van der Waals surface area contributed by atoms with Crippen molar-refractivity contribution in [1.29, 1.82) is 0 Å². The average molecular weight is 177 g/mol. The molecule has 0 aliphatic rings. The van der Waals surface area contributed by atoms with Gasteiger partial charge in [-0.25, -0.2) is 0 Å². The van der Waals surface area contributed by atoms with Crippen LogP contribution in [0, 0.1) is 0 Å². The van der Waals surface area contributed by atoms with Gasteiger partial charge in [-0.2, -0.15) is 0 Å². The van der Waals surface area contributed by atoms with Gasteiger partial charge in [0.1, 0.15) is 0 Å². The Balaban J connectivity index is 0. The molecule has 4 heavy (non-hydrogen) atoms. The second-order valence-electron chi connectivity index (χ2n) is 0. The van der Waals surface area contributed by atoms with E-state index in [2.05, 4.69) is 0 Å². The van der Waals surface area contributed by atoms with Crippen molar-refractivity contribution < 1.29 is 53.8 Å². The van der Waals surface area contributed by atoms with Crippen molar-refractivity contribution in [2.75, 3.05) is 0 Å².